The minimum absolute atomic E-state index is 0.0915. The Bertz CT molecular complexity index is 755. The summed E-state index contributed by atoms with van der Waals surface area (Å²) in [7, 11) is 0. The van der Waals surface area contributed by atoms with Gasteiger partial charge in [0.25, 0.3) is 5.91 Å². The Balaban J connectivity index is 1.36. The van der Waals surface area contributed by atoms with E-state index in [1.54, 1.807) is 0 Å². The van der Waals surface area contributed by atoms with Crippen molar-refractivity contribution in [1.29, 1.82) is 0 Å². The molecule has 2 heterocycles. The molecule has 0 aliphatic carbocycles. The molecular weight excluding hydrogens is 320 g/mol. The van der Waals surface area contributed by atoms with Crippen LogP contribution in [0.3, 0.4) is 0 Å². The highest BCUT2D eigenvalue weighted by atomic mass is 16.7. The minimum Gasteiger partial charge on any atom is -0.454 e. The van der Waals surface area contributed by atoms with Gasteiger partial charge in [-0.05, 0) is 42.0 Å². The lowest BCUT2D eigenvalue weighted by Crippen LogP contribution is -2.36. The highest BCUT2D eigenvalue weighted by molar-refractivity contribution is 5.94. The zero-order valence-corrected chi connectivity index (χ0v) is 13.9. The number of nitrogens with one attached hydrogen (secondary N) is 1. The van der Waals surface area contributed by atoms with Crippen LogP contribution in [0.2, 0.25) is 0 Å². The fourth-order valence-corrected chi connectivity index (χ4v) is 2.98. The molecule has 0 spiro atoms. The summed E-state index contributed by atoms with van der Waals surface area (Å²) in [6.45, 7) is 3.96. The van der Waals surface area contributed by atoms with Gasteiger partial charge in [-0.25, -0.2) is 0 Å². The van der Waals surface area contributed by atoms with Gasteiger partial charge in [0.05, 0.1) is 13.2 Å². The Hall–Kier alpha value is -2.73. The van der Waals surface area contributed by atoms with Crippen LogP contribution in [0.4, 0.5) is 5.69 Å². The second-order valence-corrected chi connectivity index (χ2v) is 6.02. The van der Waals surface area contributed by atoms with Crippen molar-refractivity contribution in [3.05, 3.63) is 53.6 Å². The summed E-state index contributed by atoms with van der Waals surface area (Å²) in [5.41, 5.74) is 2.75. The van der Waals surface area contributed by atoms with E-state index in [4.69, 9.17) is 14.2 Å². The number of anilines is 1. The summed E-state index contributed by atoms with van der Waals surface area (Å²) in [5.74, 6) is 1.38. The van der Waals surface area contributed by atoms with Crippen molar-refractivity contribution < 1.29 is 19.0 Å². The third-order valence-corrected chi connectivity index (χ3v) is 4.40. The molecule has 2 aliphatic rings. The Morgan fingerprint density at radius 2 is 1.76 bits per heavy atom. The zero-order valence-electron chi connectivity index (χ0n) is 13.9. The second-order valence-electron chi connectivity index (χ2n) is 6.02. The van der Waals surface area contributed by atoms with E-state index >= 15 is 0 Å². The number of benzene rings is 2. The second kappa shape index (κ2) is 7.03. The molecule has 0 aromatic heterocycles. The molecule has 0 unspecified atom stereocenters. The zero-order chi connectivity index (χ0) is 17.1. The maximum Gasteiger partial charge on any atom is 0.251 e. The highest BCUT2D eigenvalue weighted by Gasteiger charge is 2.14. The molecule has 0 atom stereocenters. The molecule has 0 radical (unpaired) electrons. The van der Waals surface area contributed by atoms with Crippen LogP contribution in [0.25, 0.3) is 0 Å². The minimum atomic E-state index is -0.0915. The largest absolute Gasteiger partial charge is 0.454 e. The average Bonchev–Trinajstić information content (AvgIpc) is 3.15. The van der Waals surface area contributed by atoms with Gasteiger partial charge in [-0.1, -0.05) is 6.07 Å². The smallest absolute Gasteiger partial charge is 0.251 e. The number of hydrogen-bond acceptors (Lipinski definition) is 5. The number of fused-ring (bicyclic) bond motifs is 1. The number of amides is 1. The Morgan fingerprint density at radius 3 is 2.56 bits per heavy atom. The molecular formula is C19H20N2O4. The Labute approximate surface area is 146 Å². The van der Waals surface area contributed by atoms with E-state index in [0.29, 0.717) is 12.1 Å². The Morgan fingerprint density at radius 1 is 1.00 bits per heavy atom. The van der Waals surface area contributed by atoms with Crippen molar-refractivity contribution in [1.82, 2.24) is 5.32 Å². The number of carbonyl (C=O) groups excluding carboxylic acids is 1. The average molecular weight is 340 g/mol. The lowest BCUT2D eigenvalue weighted by molar-refractivity contribution is 0.0950. The molecule has 4 rings (SSSR count). The van der Waals surface area contributed by atoms with Crippen molar-refractivity contribution in [2.45, 2.75) is 6.54 Å². The molecule has 1 saturated heterocycles. The van der Waals surface area contributed by atoms with E-state index in [0.717, 1.165) is 49.1 Å². The van der Waals surface area contributed by atoms with Crippen LogP contribution in [0.1, 0.15) is 15.9 Å². The quantitative estimate of drug-likeness (QED) is 0.924. The third kappa shape index (κ3) is 3.53. The Kier molecular flexibility index (Phi) is 4.43. The summed E-state index contributed by atoms with van der Waals surface area (Å²) in [4.78, 5) is 14.6. The van der Waals surface area contributed by atoms with Crippen LogP contribution in [-0.2, 0) is 11.3 Å². The molecule has 2 aromatic rings. The SMILES string of the molecule is O=C(NCc1ccc2c(c1)OCO2)c1ccc(N2CCOCC2)cc1. The van der Waals surface area contributed by atoms with Crippen LogP contribution in [0.15, 0.2) is 42.5 Å². The van der Waals surface area contributed by atoms with Crippen LogP contribution in [0, 0.1) is 0 Å². The van der Waals surface area contributed by atoms with Crippen LogP contribution in [-0.4, -0.2) is 39.0 Å². The van der Waals surface area contributed by atoms with Crippen LogP contribution < -0.4 is 19.7 Å². The molecule has 0 saturated carbocycles. The van der Waals surface area contributed by atoms with Crippen molar-refractivity contribution in [2.75, 3.05) is 38.0 Å². The lowest BCUT2D eigenvalue weighted by Gasteiger charge is -2.28. The van der Waals surface area contributed by atoms with Gasteiger partial charge in [0, 0.05) is 30.9 Å². The summed E-state index contributed by atoms with van der Waals surface area (Å²) >= 11 is 0. The third-order valence-electron chi connectivity index (χ3n) is 4.40. The summed E-state index contributed by atoms with van der Waals surface area (Å²) in [5, 5.41) is 2.94. The summed E-state index contributed by atoms with van der Waals surface area (Å²) in [6.07, 6.45) is 0. The molecule has 1 N–H and O–H groups in total. The number of hydrogen-bond donors (Lipinski definition) is 1. The topological polar surface area (TPSA) is 60.0 Å². The first-order chi connectivity index (χ1) is 12.3. The molecule has 2 aromatic carbocycles. The molecule has 6 nitrogen and oxygen atoms in total. The predicted octanol–water partition coefficient (Wildman–Crippen LogP) is 2.18. The summed E-state index contributed by atoms with van der Waals surface area (Å²) < 4.78 is 16.0. The van der Waals surface area contributed by atoms with E-state index in [1.165, 1.54) is 0 Å². The molecule has 6 heteroatoms. The van der Waals surface area contributed by atoms with E-state index < -0.39 is 0 Å². The van der Waals surface area contributed by atoms with E-state index in [-0.39, 0.29) is 12.7 Å². The first-order valence-corrected chi connectivity index (χ1v) is 8.39. The van der Waals surface area contributed by atoms with Gasteiger partial charge in [-0.3, -0.25) is 4.79 Å². The molecule has 25 heavy (non-hydrogen) atoms. The van der Waals surface area contributed by atoms with Crippen molar-refractivity contribution in [3.8, 4) is 11.5 Å². The van der Waals surface area contributed by atoms with E-state index in [1.807, 2.05) is 42.5 Å². The molecule has 2 aliphatic heterocycles. The van der Waals surface area contributed by atoms with E-state index in [9.17, 15) is 4.79 Å². The number of nitrogens with zero attached hydrogens (tertiary/aromatic N) is 1. The molecule has 1 fully saturated rings. The molecule has 130 valence electrons. The van der Waals surface area contributed by atoms with Gasteiger partial charge in [0.1, 0.15) is 0 Å². The maximum absolute atomic E-state index is 12.3. The number of rotatable bonds is 4. The van der Waals surface area contributed by atoms with Crippen molar-refractivity contribution in [2.24, 2.45) is 0 Å². The fourth-order valence-electron chi connectivity index (χ4n) is 2.98. The van der Waals surface area contributed by atoms with Gasteiger partial charge in [0.2, 0.25) is 6.79 Å². The number of carbonyl (C=O) groups is 1. The highest BCUT2D eigenvalue weighted by Crippen LogP contribution is 2.32. The first-order valence-electron chi connectivity index (χ1n) is 8.39. The number of ether oxygens (including phenoxy) is 3. The molecule has 0 bridgehead atoms. The maximum atomic E-state index is 12.3. The van der Waals surface area contributed by atoms with Gasteiger partial charge >= 0.3 is 0 Å². The standard InChI is InChI=1S/C19H20N2O4/c22-19(20-12-14-1-6-17-18(11-14)25-13-24-17)15-2-4-16(5-3-15)21-7-9-23-10-8-21/h1-6,11H,7-10,12-13H2,(H,20,22). The van der Waals surface area contributed by atoms with Gasteiger partial charge in [0.15, 0.2) is 11.5 Å². The van der Waals surface area contributed by atoms with Crippen molar-refractivity contribution in [3.63, 3.8) is 0 Å². The van der Waals surface area contributed by atoms with Crippen LogP contribution in [0.5, 0.6) is 11.5 Å². The lowest BCUT2D eigenvalue weighted by atomic mass is 10.1. The molecule has 1 amide bonds. The number of morpholine rings is 1. The van der Waals surface area contributed by atoms with Crippen molar-refractivity contribution >= 4 is 11.6 Å². The summed E-state index contributed by atoms with van der Waals surface area (Å²) in [6, 6.07) is 13.4. The predicted molar refractivity (Wildman–Crippen MR) is 93.2 cm³/mol. The fraction of sp³-hybridized carbons (Fsp3) is 0.316. The van der Waals surface area contributed by atoms with E-state index in [2.05, 4.69) is 10.2 Å². The van der Waals surface area contributed by atoms with Gasteiger partial charge < -0.3 is 24.4 Å². The van der Waals surface area contributed by atoms with Crippen LogP contribution >= 0.6 is 0 Å². The van der Waals surface area contributed by atoms with Gasteiger partial charge in [-0.15, -0.1) is 0 Å². The monoisotopic (exact) mass is 340 g/mol. The van der Waals surface area contributed by atoms with Gasteiger partial charge in [-0.2, -0.15) is 0 Å². The normalized spacial score (nSPS) is 15.9. The first kappa shape index (κ1) is 15.8.